The molecular weight excluding hydrogens is 252 g/mol. The Bertz CT molecular complexity index is 330. The summed E-state index contributed by atoms with van der Waals surface area (Å²) in [4.78, 5) is 0. The highest BCUT2D eigenvalue weighted by Crippen LogP contribution is 2.17. The van der Waals surface area contributed by atoms with Crippen LogP contribution in [0.2, 0.25) is 0 Å². The molecule has 0 radical (unpaired) electrons. The van der Waals surface area contributed by atoms with E-state index >= 15 is 0 Å². The molecule has 1 saturated heterocycles. The van der Waals surface area contributed by atoms with Gasteiger partial charge in [0.2, 0.25) is 10.0 Å². The third-order valence-corrected chi connectivity index (χ3v) is 4.64. The molecule has 108 valence electrons. The predicted molar refractivity (Wildman–Crippen MR) is 73.0 cm³/mol. The van der Waals surface area contributed by atoms with E-state index < -0.39 is 10.0 Å². The van der Waals surface area contributed by atoms with Gasteiger partial charge in [-0.3, -0.25) is 0 Å². The summed E-state index contributed by atoms with van der Waals surface area (Å²) < 4.78 is 31.5. The lowest BCUT2D eigenvalue weighted by Crippen LogP contribution is -2.42. The number of hydrogen-bond donors (Lipinski definition) is 2. The number of rotatable bonds is 7. The average molecular weight is 278 g/mol. The first-order valence-electron chi connectivity index (χ1n) is 6.70. The van der Waals surface area contributed by atoms with E-state index in [2.05, 4.69) is 17.0 Å². The van der Waals surface area contributed by atoms with Gasteiger partial charge in [0.1, 0.15) is 0 Å². The summed E-state index contributed by atoms with van der Waals surface area (Å²) in [6.45, 7) is 8.72. The van der Waals surface area contributed by atoms with Crippen molar-refractivity contribution in [2.24, 2.45) is 11.8 Å². The molecule has 0 aromatic rings. The molecule has 1 fully saturated rings. The van der Waals surface area contributed by atoms with Crippen LogP contribution in [0.25, 0.3) is 0 Å². The van der Waals surface area contributed by atoms with Gasteiger partial charge < -0.3 is 10.1 Å². The van der Waals surface area contributed by atoms with E-state index in [-0.39, 0.29) is 18.5 Å². The Kier molecular flexibility index (Phi) is 6.55. The van der Waals surface area contributed by atoms with Gasteiger partial charge in [0.05, 0.1) is 18.5 Å². The van der Waals surface area contributed by atoms with Gasteiger partial charge in [0.15, 0.2) is 0 Å². The Labute approximate surface area is 111 Å². The topological polar surface area (TPSA) is 67.4 Å². The second-order valence-electron chi connectivity index (χ2n) is 5.32. The van der Waals surface area contributed by atoms with E-state index in [1.54, 1.807) is 0 Å². The van der Waals surface area contributed by atoms with Crippen LogP contribution in [0.3, 0.4) is 0 Å². The van der Waals surface area contributed by atoms with Crippen molar-refractivity contribution in [2.75, 3.05) is 32.0 Å². The molecule has 0 amide bonds. The normalized spacial score (nSPS) is 25.6. The maximum absolute atomic E-state index is 11.8. The van der Waals surface area contributed by atoms with E-state index in [1.807, 2.05) is 13.8 Å². The quantitative estimate of drug-likeness (QED) is 0.715. The van der Waals surface area contributed by atoms with Crippen LogP contribution in [0, 0.1) is 11.8 Å². The molecule has 0 saturated carbocycles. The molecule has 5 nitrogen and oxygen atoms in total. The first kappa shape index (κ1) is 15.9. The number of nitrogens with one attached hydrogen (secondary N) is 2. The summed E-state index contributed by atoms with van der Waals surface area (Å²) in [6, 6.07) is 0. The molecule has 1 aliphatic rings. The van der Waals surface area contributed by atoms with Gasteiger partial charge in [-0.2, -0.15) is 0 Å². The van der Waals surface area contributed by atoms with Gasteiger partial charge >= 0.3 is 0 Å². The molecular formula is C12H26N2O3S. The lowest BCUT2D eigenvalue weighted by Gasteiger charge is -2.29. The second kappa shape index (κ2) is 7.43. The molecule has 18 heavy (non-hydrogen) atoms. The third kappa shape index (κ3) is 6.13. The summed E-state index contributed by atoms with van der Waals surface area (Å²) in [5.74, 6) is 1.00. The van der Waals surface area contributed by atoms with Crippen molar-refractivity contribution in [1.29, 1.82) is 0 Å². The van der Waals surface area contributed by atoms with Crippen molar-refractivity contribution in [3.8, 4) is 0 Å². The van der Waals surface area contributed by atoms with Gasteiger partial charge in [0, 0.05) is 6.54 Å². The average Bonchev–Trinajstić information content (AvgIpc) is 2.27. The Morgan fingerprint density at radius 2 is 2.17 bits per heavy atom. The van der Waals surface area contributed by atoms with Crippen molar-refractivity contribution in [3.05, 3.63) is 0 Å². The van der Waals surface area contributed by atoms with Gasteiger partial charge in [-0.25, -0.2) is 13.1 Å². The number of ether oxygens (including phenoxy) is 1. The number of piperidine rings is 1. The fraction of sp³-hybridized carbons (Fsp3) is 1.00. The zero-order chi connectivity index (χ0) is 13.6. The molecule has 0 aromatic heterocycles. The Morgan fingerprint density at radius 3 is 2.78 bits per heavy atom. The largest absolute Gasteiger partial charge is 0.378 e. The van der Waals surface area contributed by atoms with Crippen LogP contribution < -0.4 is 10.0 Å². The molecule has 1 rings (SSSR count). The molecule has 2 unspecified atom stereocenters. The summed E-state index contributed by atoms with van der Waals surface area (Å²) in [5.41, 5.74) is 0. The molecule has 1 aliphatic heterocycles. The van der Waals surface area contributed by atoms with Crippen LogP contribution in [0.15, 0.2) is 0 Å². The molecule has 0 spiro atoms. The second-order valence-corrected chi connectivity index (χ2v) is 7.24. The molecule has 2 atom stereocenters. The monoisotopic (exact) mass is 278 g/mol. The van der Waals surface area contributed by atoms with Crippen molar-refractivity contribution < 1.29 is 13.2 Å². The molecule has 1 heterocycles. The highest BCUT2D eigenvalue weighted by Gasteiger charge is 2.22. The third-order valence-electron chi connectivity index (χ3n) is 3.33. The predicted octanol–water partition coefficient (Wildman–Crippen LogP) is 0.576. The highest BCUT2D eigenvalue weighted by molar-refractivity contribution is 7.89. The molecule has 0 aliphatic carbocycles. The van der Waals surface area contributed by atoms with E-state index in [0.29, 0.717) is 18.4 Å². The number of sulfonamides is 1. The fourth-order valence-electron chi connectivity index (χ4n) is 2.07. The fourth-order valence-corrected chi connectivity index (χ4v) is 3.00. The Morgan fingerprint density at radius 1 is 1.44 bits per heavy atom. The summed E-state index contributed by atoms with van der Waals surface area (Å²) in [7, 11) is -3.20. The highest BCUT2D eigenvalue weighted by atomic mass is 32.2. The minimum Gasteiger partial charge on any atom is -0.378 e. The molecule has 0 aromatic carbocycles. The van der Waals surface area contributed by atoms with Gasteiger partial charge in [-0.1, -0.05) is 6.92 Å². The van der Waals surface area contributed by atoms with Crippen molar-refractivity contribution in [3.63, 3.8) is 0 Å². The minimum absolute atomic E-state index is 0.0462. The van der Waals surface area contributed by atoms with Gasteiger partial charge in [-0.15, -0.1) is 0 Å². The SMILES string of the molecule is CC(C)OCCS(=O)(=O)NCC1CCNCC1C. The van der Waals surface area contributed by atoms with E-state index in [4.69, 9.17) is 4.74 Å². The number of hydrogen-bond acceptors (Lipinski definition) is 4. The van der Waals surface area contributed by atoms with Crippen molar-refractivity contribution in [2.45, 2.75) is 33.3 Å². The zero-order valence-corrected chi connectivity index (χ0v) is 12.4. The summed E-state index contributed by atoms with van der Waals surface area (Å²) >= 11 is 0. The molecule has 2 N–H and O–H groups in total. The maximum atomic E-state index is 11.8. The van der Waals surface area contributed by atoms with Crippen LogP contribution in [-0.2, 0) is 14.8 Å². The van der Waals surface area contributed by atoms with Crippen LogP contribution in [0.5, 0.6) is 0 Å². The Hall–Kier alpha value is -0.170. The standard InChI is InChI=1S/C12H26N2O3S/c1-10(2)17-6-7-18(15,16)14-9-12-4-5-13-8-11(12)3/h10-14H,4-9H2,1-3H3. The zero-order valence-electron chi connectivity index (χ0n) is 11.6. The molecule has 0 bridgehead atoms. The lowest BCUT2D eigenvalue weighted by molar-refractivity contribution is 0.0911. The van der Waals surface area contributed by atoms with Crippen LogP contribution in [0.1, 0.15) is 27.2 Å². The summed E-state index contributed by atoms with van der Waals surface area (Å²) in [5, 5.41) is 3.31. The van der Waals surface area contributed by atoms with Crippen molar-refractivity contribution >= 4 is 10.0 Å². The van der Waals surface area contributed by atoms with Crippen LogP contribution in [-0.4, -0.2) is 46.5 Å². The van der Waals surface area contributed by atoms with E-state index in [0.717, 1.165) is 19.5 Å². The van der Waals surface area contributed by atoms with E-state index in [1.165, 1.54) is 0 Å². The van der Waals surface area contributed by atoms with Gasteiger partial charge in [0.25, 0.3) is 0 Å². The smallest absolute Gasteiger partial charge is 0.213 e. The van der Waals surface area contributed by atoms with Crippen LogP contribution in [0.4, 0.5) is 0 Å². The molecule has 6 heteroatoms. The van der Waals surface area contributed by atoms with E-state index in [9.17, 15) is 8.42 Å². The Balaban J connectivity index is 2.27. The van der Waals surface area contributed by atoms with Crippen molar-refractivity contribution in [1.82, 2.24) is 10.0 Å². The summed E-state index contributed by atoms with van der Waals surface area (Å²) in [6.07, 6.45) is 1.11. The first-order chi connectivity index (χ1) is 8.41. The lowest BCUT2D eigenvalue weighted by atomic mass is 9.88. The van der Waals surface area contributed by atoms with Crippen LogP contribution >= 0.6 is 0 Å². The maximum Gasteiger partial charge on any atom is 0.213 e. The van der Waals surface area contributed by atoms with Gasteiger partial charge in [-0.05, 0) is 45.2 Å². The minimum atomic E-state index is -3.20. The first-order valence-corrected chi connectivity index (χ1v) is 8.35.